The van der Waals surface area contributed by atoms with Gasteiger partial charge in [-0.25, -0.2) is 0 Å². The van der Waals surface area contributed by atoms with E-state index in [1.807, 2.05) is 43.3 Å². The fourth-order valence-electron chi connectivity index (χ4n) is 1.87. The van der Waals surface area contributed by atoms with Crippen molar-refractivity contribution in [1.29, 1.82) is 0 Å². The van der Waals surface area contributed by atoms with Crippen molar-refractivity contribution in [3.63, 3.8) is 0 Å². The standard InChI is InChI=1S/C16H18O2/c1-13(11-14-7-3-2-4-8-14)18-12-15-9-5-6-10-16(15)17/h2-10,13,17H,11-12H2,1H3. The summed E-state index contributed by atoms with van der Waals surface area (Å²) in [7, 11) is 0. The highest BCUT2D eigenvalue weighted by atomic mass is 16.5. The van der Waals surface area contributed by atoms with Crippen LogP contribution in [0.1, 0.15) is 18.1 Å². The molecule has 0 fully saturated rings. The number of hydrogen-bond acceptors (Lipinski definition) is 2. The molecule has 2 rings (SSSR count). The van der Waals surface area contributed by atoms with Crippen LogP contribution in [0.25, 0.3) is 0 Å². The number of ether oxygens (including phenoxy) is 1. The largest absolute Gasteiger partial charge is 0.508 e. The lowest BCUT2D eigenvalue weighted by atomic mass is 10.1. The van der Waals surface area contributed by atoms with Gasteiger partial charge in [0.05, 0.1) is 12.7 Å². The number of hydrogen-bond donors (Lipinski definition) is 1. The third kappa shape index (κ3) is 3.60. The molecular weight excluding hydrogens is 224 g/mol. The van der Waals surface area contributed by atoms with Gasteiger partial charge >= 0.3 is 0 Å². The Balaban J connectivity index is 1.86. The van der Waals surface area contributed by atoms with E-state index in [-0.39, 0.29) is 6.10 Å². The van der Waals surface area contributed by atoms with Crippen molar-refractivity contribution >= 4 is 0 Å². The molecule has 2 nitrogen and oxygen atoms in total. The summed E-state index contributed by atoms with van der Waals surface area (Å²) in [5.74, 6) is 0.296. The van der Waals surface area contributed by atoms with Crippen molar-refractivity contribution in [3.8, 4) is 5.75 Å². The Morgan fingerprint density at radius 2 is 1.67 bits per heavy atom. The first-order valence-corrected chi connectivity index (χ1v) is 6.18. The third-order valence-electron chi connectivity index (χ3n) is 2.88. The molecule has 0 aliphatic carbocycles. The molecule has 0 bridgehead atoms. The van der Waals surface area contributed by atoms with Gasteiger partial charge in [-0.2, -0.15) is 0 Å². The average Bonchev–Trinajstić information content (AvgIpc) is 2.39. The highest BCUT2D eigenvalue weighted by Crippen LogP contribution is 2.17. The average molecular weight is 242 g/mol. The zero-order valence-corrected chi connectivity index (χ0v) is 10.5. The highest BCUT2D eigenvalue weighted by Gasteiger charge is 2.06. The molecule has 1 N–H and O–H groups in total. The van der Waals surface area contributed by atoms with Gasteiger partial charge in [-0.1, -0.05) is 48.5 Å². The summed E-state index contributed by atoms with van der Waals surface area (Å²) < 4.78 is 5.75. The van der Waals surface area contributed by atoms with Crippen molar-refractivity contribution in [1.82, 2.24) is 0 Å². The van der Waals surface area contributed by atoms with E-state index in [1.165, 1.54) is 5.56 Å². The van der Waals surface area contributed by atoms with E-state index in [4.69, 9.17) is 4.74 Å². The first kappa shape index (κ1) is 12.7. The van der Waals surface area contributed by atoms with Gasteiger partial charge in [-0.15, -0.1) is 0 Å². The summed E-state index contributed by atoms with van der Waals surface area (Å²) in [4.78, 5) is 0. The lowest BCUT2D eigenvalue weighted by molar-refractivity contribution is 0.0524. The van der Waals surface area contributed by atoms with E-state index >= 15 is 0 Å². The van der Waals surface area contributed by atoms with Crippen molar-refractivity contribution < 1.29 is 9.84 Å². The molecule has 0 saturated carbocycles. The quantitative estimate of drug-likeness (QED) is 0.869. The molecule has 2 aromatic carbocycles. The third-order valence-corrected chi connectivity index (χ3v) is 2.88. The Morgan fingerprint density at radius 1 is 1.00 bits per heavy atom. The zero-order valence-electron chi connectivity index (χ0n) is 10.5. The molecule has 1 unspecified atom stereocenters. The van der Waals surface area contributed by atoms with E-state index in [1.54, 1.807) is 6.07 Å². The van der Waals surface area contributed by atoms with E-state index in [9.17, 15) is 5.11 Å². The van der Waals surface area contributed by atoms with Gasteiger partial charge in [0.2, 0.25) is 0 Å². The van der Waals surface area contributed by atoms with Crippen LogP contribution in [-0.2, 0) is 17.8 Å². The lowest BCUT2D eigenvalue weighted by Crippen LogP contribution is -2.11. The van der Waals surface area contributed by atoms with Crippen LogP contribution in [0, 0.1) is 0 Å². The molecule has 0 heterocycles. The van der Waals surface area contributed by atoms with Crippen molar-refractivity contribution in [2.75, 3.05) is 0 Å². The molecule has 0 amide bonds. The monoisotopic (exact) mass is 242 g/mol. The smallest absolute Gasteiger partial charge is 0.121 e. The topological polar surface area (TPSA) is 29.5 Å². The Kier molecular flexibility index (Phi) is 4.37. The SMILES string of the molecule is CC(Cc1ccccc1)OCc1ccccc1O. The van der Waals surface area contributed by atoms with Crippen molar-refractivity contribution in [3.05, 3.63) is 65.7 Å². The lowest BCUT2D eigenvalue weighted by Gasteiger charge is -2.13. The second-order valence-corrected chi connectivity index (χ2v) is 4.44. The van der Waals surface area contributed by atoms with Crippen LogP contribution in [-0.4, -0.2) is 11.2 Å². The van der Waals surface area contributed by atoms with Crippen LogP contribution in [0.15, 0.2) is 54.6 Å². The fraction of sp³-hybridized carbons (Fsp3) is 0.250. The fourth-order valence-corrected chi connectivity index (χ4v) is 1.87. The van der Waals surface area contributed by atoms with Crippen LogP contribution < -0.4 is 0 Å². The summed E-state index contributed by atoms with van der Waals surface area (Å²) in [6.45, 7) is 2.49. The van der Waals surface area contributed by atoms with E-state index in [0.717, 1.165) is 12.0 Å². The minimum absolute atomic E-state index is 0.131. The minimum Gasteiger partial charge on any atom is -0.508 e. The summed E-state index contributed by atoms with van der Waals surface area (Å²) in [5, 5.41) is 9.63. The van der Waals surface area contributed by atoms with Gasteiger partial charge < -0.3 is 9.84 Å². The summed E-state index contributed by atoms with van der Waals surface area (Å²) in [6, 6.07) is 17.5. The Hall–Kier alpha value is -1.80. The number of rotatable bonds is 5. The Labute approximate surface area is 108 Å². The number of phenolic OH excluding ortho intramolecular Hbond substituents is 1. The van der Waals surface area contributed by atoms with Crippen LogP contribution in [0.3, 0.4) is 0 Å². The molecule has 0 aliphatic heterocycles. The van der Waals surface area contributed by atoms with Crippen LogP contribution >= 0.6 is 0 Å². The van der Waals surface area contributed by atoms with Gasteiger partial charge in [0.25, 0.3) is 0 Å². The molecule has 0 radical (unpaired) electrons. The van der Waals surface area contributed by atoms with Gasteiger partial charge in [-0.3, -0.25) is 0 Å². The van der Waals surface area contributed by atoms with Gasteiger partial charge in [0, 0.05) is 5.56 Å². The molecule has 0 spiro atoms. The molecule has 1 atom stereocenters. The minimum atomic E-state index is 0.131. The first-order chi connectivity index (χ1) is 8.75. The summed E-state index contributed by atoms with van der Waals surface area (Å²) in [5.41, 5.74) is 2.10. The highest BCUT2D eigenvalue weighted by molar-refractivity contribution is 5.31. The zero-order chi connectivity index (χ0) is 12.8. The van der Waals surface area contributed by atoms with E-state index < -0.39 is 0 Å². The Bertz CT molecular complexity index is 479. The van der Waals surface area contributed by atoms with Crippen LogP contribution in [0.5, 0.6) is 5.75 Å². The van der Waals surface area contributed by atoms with Gasteiger partial charge in [0.15, 0.2) is 0 Å². The maximum atomic E-state index is 9.63. The molecule has 0 saturated heterocycles. The molecular formula is C16H18O2. The molecule has 2 heteroatoms. The molecule has 0 aliphatic rings. The summed E-state index contributed by atoms with van der Waals surface area (Å²) >= 11 is 0. The van der Waals surface area contributed by atoms with Crippen LogP contribution in [0.2, 0.25) is 0 Å². The first-order valence-electron chi connectivity index (χ1n) is 6.18. The van der Waals surface area contributed by atoms with Gasteiger partial charge in [0.1, 0.15) is 5.75 Å². The predicted octanol–water partition coefficient (Wildman–Crippen LogP) is 3.54. The molecule has 2 aromatic rings. The van der Waals surface area contributed by atoms with E-state index in [2.05, 4.69) is 12.1 Å². The number of para-hydroxylation sites is 1. The van der Waals surface area contributed by atoms with Crippen molar-refractivity contribution in [2.45, 2.75) is 26.1 Å². The van der Waals surface area contributed by atoms with Crippen LogP contribution in [0.4, 0.5) is 0 Å². The normalized spacial score (nSPS) is 12.3. The maximum absolute atomic E-state index is 9.63. The number of phenols is 1. The van der Waals surface area contributed by atoms with Crippen molar-refractivity contribution in [2.24, 2.45) is 0 Å². The summed E-state index contributed by atoms with van der Waals surface area (Å²) in [6.07, 6.45) is 1.01. The predicted molar refractivity (Wildman–Crippen MR) is 72.5 cm³/mol. The maximum Gasteiger partial charge on any atom is 0.121 e. The Morgan fingerprint density at radius 3 is 2.39 bits per heavy atom. The number of benzene rings is 2. The molecule has 18 heavy (non-hydrogen) atoms. The number of aromatic hydroxyl groups is 1. The molecule has 0 aromatic heterocycles. The second kappa shape index (κ2) is 6.22. The molecule has 94 valence electrons. The van der Waals surface area contributed by atoms with E-state index in [0.29, 0.717) is 12.4 Å². The second-order valence-electron chi connectivity index (χ2n) is 4.44. The van der Waals surface area contributed by atoms with Gasteiger partial charge in [-0.05, 0) is 25.0 Å².